The lowest BCUT2D eigenvalue weighted by atomic mass is 10.2. The van der Waals surface area contributed by atoms with Crippen LogP contribution in [0.4, 0.5) is 10.1 Å². The molecule has 0 saturated carbocycles. The summed E-state index contributed by atoms with van der Waals surface area (Å²) in [5.41, 5.74) is 2.91. The van der Waals surface area contributed by atoms with E-state index in [1.54, 1.807) is 36.4 Å². The number of rotatable bonds is 5. The molecule has 8 heteroatoms. The Labute approximate surface area is 199 Å². The zero-order valence-corrected chi connectivity index (χ0v) is 19.2. The summed E-state index contributed by atoms with van der Waals surface area (Å²) >= 11 is 13.9. The van der Waals surface area contributed by atoms with Crippen molar-refractivity contribution in [2.75, 3.05) is 0 Å². The highest BCUT2D eigenvalue weighted by Crippen LogP contribution is 2.37. The normalized spacial score (nSPS) is 15.9. The number of nitrogens with one attached hydrogen (secondary N) is 1. The van der Waals surface area contributed by atoms with Crippen LogP contribution in [-0.4, -0.2) is 11.1 Å². The number of aliphatic imine (C=N–C) groups is 1. The van der Waals surface area contributed by atoms with Gasteiger partial charge in [-0.1, -0.05) is 59.1 Å². The van der Waals surface area contributed by atoms with E-state index in [1.165, 1.54) is 17.8 Å². The zero-order valence-electron chi connectivity index (χ0n) is 16.9. The predicted octanol–water partition coefficient (Wildman–Crippen LogP) is 6.91. The summed E-state index contributed by atoms with van der Waals surface area (Å²) in [7, 11) is 0. The van der Waals surface area contributed by atoms with Crippen molar-refractivity contribution in [3.8, 4) is 5.75 Å². The Morgan fingerprint density at radius 2 is 1.78 bits per heavy atom. The summed E-state index contributed by atoms with van der Waals surface area (Å²) in [4.78, 5) is 17.3. The third-order valence-corrected chi connectivity index (χ3v) is 6.04. The molecule has 162 valence electrons. The fourth-order valence-electron chi connectivity index (χ4n) is 2.93. The Balaban J connectivity index is 1.51. The van der Waals surface area contributed by atoms with Crippen molar-refractivity contribution in [3.05, 3.63) is 98.1 Å². The van der Waals surface area contributed by atoms with Crippen LogP contribution >= 0.6 is 35.0 Å². The first-order valence-corrected chi connectivity index (χ1v) is 11.2. The third kappa shape index (κ3) is 5.33. The Morgan fingerprint density at radius 1 is 1.09 bits per heavy atom. The molecule has 0 radical (unpaired) electrons. The van der Waals surface area contributed by atoms with Gasteiger partial charge >= 0.3 is 0 Å². The van der Waals surface area contributed by atoms with E-state index in [0.29, 0.717) is 21.2 Å². The lowest BCUT2D eigenvalue weighted by Crippen LogP contribution is -2.19. The van der Waals surface area contributed by atoms with E-state index in [2.05, 4.69) is 10.3 Å². The molecule has 4 nitrogen and oxygen atoms in total. The quantitative estimate of drug-likeness (QED) is 0.398. The van der Waals surface area contributed by atoms with Crippen LogP contribution in [0.3, 0.4) is 0 Å². The topological polar surface area (TPSA) is 50.7 Å². The number of amidine groups is 1. The van der Waals surface area contributed by atoms with Gasteiger partial charge in [0.2, 0.25) is 0 Å². The van der Waals surface area contributed by atoms with Gasteiger partial charge in [0, 0.05) is 5.56 Å². The van der Waals surface area contributed by atoms with E-state index in [-0.39, 0.29) is 34.1 Å². The number of thioether (sulfide) groups is 1. The number of hydrogen-bond donors (Lipinski definition) is 1. The predicted molar refractivity (Wildman–Crippen MR) is 129 cm³/mol. The van der Waals surface area contributed by atoms with Crippen LogP contribution in [0.15, 0.2) is 70.6 Å². The number of benzene rings is 3. The fourth-order valence-corrected chi connectivity index (χ4v) is 4.39. The van der Waals surface area contributed by atoms with Gasteiger partial charge in [-0.05, 0) is 60.7 Å². The molecule has 1 aliphatic heterocycles. The molecule has 0 atom stereocenters. The second kappa shape index (κ2) is 9.77. The van der Waals surface area contributed by atoms with E-state index < -0.39 is 0 Å². The molecule has 4 rings (SSSR count). The zero-order chi connectivity index (χ0) is 22.7. The van der Waals surface area contributed by atoms with Crippen molar-refractivity contribution in [2.45, 2.75) is 13.5 Å². The minimum atomic E-state index is -0.367. The minimum absolute atomic E-state index is 0.0103. The average Bonchev–Trinajstić information content (AvgIpc) is 3.09. The summed E-state index contributed by atoms with van der Waals surface area (Å²) in [6, 6.07) is 17.3. The van der Waals surface area contributed by atoms with E-state index >= 15 is 0 Å². The fraction of sp³-hybridized carbons (Fsp3) is 0.0833. The maximum Gasteiger partial charge on any atom is 0.264 e. The van der Waals surface area contributed by atoms with E-state index in [0.717, 1.165) is 11.3 Å². The molecule has 3 aromatic rings. The number of halogens is 3. The molecule has 1 fully saturated rings. The van der Waals surface area contributed by atoms with Crippen molar-refractivity contribution in [2.24, 2.45) is 4.99 Å². The van der Waals surface area contributed by atoms with Gasteiger partial charge in [0.15, 0.2) is 10.9 Å². The highest BCUT2D eigenvalue weighted by molar-refractivity contribution is 8.18. The van der Waals surface area contributed by atoms with Crippen molar-refractivity contribution >= 4 is 57.8 Å². The number of nitrogens with zero attached hydrogens (tertiary/aromatic N) is 1. The first kappa shape index (κ1) is 22.4. The van der Waals surface area contributed by atoms with Gasteiger partial charge in [0.05, 0.1) is 20.6 Å². The molecule has 0 unspecified atom stereocenters. The van der Waals surface area contributed by atoms with Crippen LogP contribution in [0.25, 0.3) is 6.08 Å². The van der Waals surface area contributed by atoms with Gasteiger partial charge in [0.25, 0.3) is 5.91 Å². The molecule has 0 aromatic heterocycles. The molecule has 1 heterocycles. The summed E-state index contributed by atoms with van der Waals surface area (Å²) < 4.78 is 19.4. The molecule has 1 aliphatic rings. The highest BCUT2D eigenvalue weighted by atomic mass is 35.5. The van der Waals surface area contributed by atoms with Crippen molar-refractivity contribution in [1.29, 1.82) is 0 Å². The maximum absolute atomic E-state index is 13.8. The van der Waals surface area contributed by atoms with Crippen LogP contribution in [0.1, 0.15) is 16.7 Å². The number of amides is 1. The van der Waals surface area contributed by atoms with Crippen molar-refractivity contribution < 1.29 is 13.9 Å². The third-order valence-electron chi connectivity index (χ3n) is 4.56. The first-order valence-electron chi connectivity index (χ1n) is 9.60. The molecule has 0 bridgehead atoms. The van der Waals surface area contributed by atoms with E-state index in [9.17, 15) is 9.18 Å². The number of carbonyl (C=O) groups is 1. The summed E-state index contributed by atoms with van der Waals surface area (Å²) in [5, 5.41) is 3.77. The first-order chi connectivity index (χ1) is 15.4. The standard InChI is InChI=1S/C24H17Cl2FN2O2S/c1-14-6-8-17(9-7-14)28-24-29-23(30)21(32-24)12-15-10-18(25)22(19(26)11-15)31-13-16-4-2-3-5-20(16)27/h2-12H,13H2,1H3,(H,28,29,30)/b21-12+. The SMILES string of the molecule is Cc1ccc(N=C2NC(=O)/C(=C\c3cc(Cl)c(OCc4ccccc4F)c(Cl)c3)S2)cc1. The van der Waals surface area contributed by atoms with Gasteiger partial charge in [0.1, 0.15) is 12.4 Å². The summed E-state index contributed by atoms with van der Waals surface area (Å²) in [6.07, 6.45) is 1.68. The number of ether oxygens (including phenoxy) is 1. The molecule has 0 aliphatic carbocycles. The Kier molecular flexibility index (Phi) is 6.84. The minimum Gasteiger partial charge on any atom is -0.486 e. The molecule has 1 amide bonds. The largest absolute Gasteiger partial charge is 0.486 e. The van der Waals surface area contributed by atoms with Crippen LogP contribution < -0.4 is 10.1 Å². The molecule has 1 saturated heterocycles. The van der Waals surface area contributed by atoms with Crippen molar-refractivity contribution in [1.82, 2.24) is 5.32 Å². The van der Waals surface area contributed by atoms with Crippen LogP contribution in [0.5, 0.6) is 5.75 Å². The molecule has 3 aromatic carbocycles. The van der Waals surface area contributed by atoms with Crippen LogP contribution in [0.2, 0.25) is 10.0 Å². The Morgan fingerprint density at radius 3 is 2.47 bits per heavy atom. The van der Waals surface area contributed by atoms with Gasteiger partial charge in [-0.15, -0.1) is 0 Å². The second-order valence-electron chi connectivity index (χ2n) is 7.01. The molecule has 0 spiro atoms. The number of aryl methyl sites for hydroxylation is 1. The molecule has 1 N–H and O–H groups in total. The lowest BCUT2D eigenvalue weighted by Gasteiger charge is -2.11. The number of hydrogen-bond acceptors (Lipinski definition) is 4. The lowest BCUT2D eigenvalue weighted by molar-refractivity contribution is -0.115. The number of carbonyl (C=O) groups excluding carboxylic acids is 1. The van der Waals surface area contributed by atoms with Gasteiger partial charge < -0.3 is 10.1 Å². The van der Waals surface area contributed by atoms with Crippen LogP contribution in [0, 0.1) is 12.7 Å². The summed E-state index contributed by atoms with van der Waals surface area (Å²) in [6.45, 7) is 1.99. The second-order valence-corrected chi connectivity index (χ2v) is 8.86. The van der Waals surface area contributed by atoms with Gasteiger partial charge in [-0.2, -0.15) is 0 Å². The highest BCUT2D eigenvalue weighted by Gasteiger charge is 2.24. The van der Waals surface area contributed by atoms with E-state index in [1.807, 2.05) is 31.2 Å². The summed E-state index contributed by atoms with van der Waals surface area (Å²) in [5.74, 6) is -0.370. The van der Waals surface area contributed by atoms with Crippen LogP contribution in [-0.2, 0) is 11.4 Å². The molecule has 32 heavy (non-hydrogen) atoms. The maximum atomic E-state index is 13.8. The average molecular weight is 487 g/mol. The Bertz CT molecular complexity index is 1220. The molecular weight excluding hydrogens is 470 g/mol. The Hall–Kier alpha value is -2.80. The monoisotopic (exact) mass is 486 g/mol. The molecular formula is C24H17Cl2FN2O2S. The van der Waals surface area contributed by atoms with Gasteiger partial charge in [-0.3, -0.25) is 4.79 Å². The van der Waals surface area contributed by atoms with E-state index in [4.69, 9.17) is 27.9 Å². The van der Waals surface area contributed by atoms with Gasteiger partial charge in [-0.25, -0.2) is 9.38 Å². The smallest absolute Gasteiger partial charge is 0.264 e. The van der Waals surface area contributed by atoms with Crippen molar-refractivity contribution in [3.63, 3.8) is 0 Å².